The van der Waals surface area contributed by atoms with Crippen molar-refractivity contribution < 1.29 is 13.9 Å². The van der Waals surface area contributed by atoms with Gasteiger partial charge in [0.25, 0.3) is 5.91 Å². The van der Waals surface area contributed by atoms with Gasteiger partial charge in [-0.25, -0.2) is 19.3 Å². The average Bonchev–Trinajstić information content (AvgIpc) is 3.39. The fourth-order valence-corrected chi connectivity index (χ4v) is 4.17. The van der Waals surface area contributed by atoms with Crippen LogP contribution in [0.2, 0.25) is 0 Å². The molecule has 2 aromatic carbocycles. The fraction of sp³-hybridized carbons (Fsp3) is 0.296. The van der Waals surface area contributed by atoms with Gasteiger partial charge in [0.2, 0.25) is 5.88 Å². The molecule has 0 bridgehead atoms. The van der Waals surface area contributed by atoms with Crippen molar-refractivity contribution >= 4 is 16.9 Å². The number of nitrogens with zero attached hydrogens (tertiary/aromatic N) is 4. The summed E-state index contributed by atoms with van der Waals surface area (Å²) >= 11 is 0. The molecule has 1 aliphatic rings. The van der Waals surface area contributed by atoms with Crippen molar-refractivity contribution in [2.45, 2.75) is 32.1 Å². The molecule has 0 aliphatic heterocycles. The highest BCUT2D eigenvalue weighted by molar-refractivity contribution is 5.97. The maximum atomic E-state index is 13.6. The highest BCUT2D eigenvalue weighted by Gasteiger charge is 2.38. The van der Waals surface area contributed by atoms with E-state index >= 15 is 0 Å². The molecule has 4 aromatic rings. The Labute approximate surface area is 207 Å². The molecule has 2 heterocycles. The second kappa shape index (κ2) is 10.1. The maximum Gasteiger partial charge on any atom is 0.251 e. The first-order valence-corrected chi connectivity index (χ1v) is 11.9. The van der Waals surface area contributed by atoms with Crippen molar-refractivity contribution in [3.63, 3.8) is 0 Å². The lowest BCUT2D eigenvalue weighted by Gasteiger charge is -2.34. The standard InChI is InChI=1S/C27H25FN6O2/c28-20-7-4-18(5-8-20)24-26(36-17-27(16-29)10-2-11-27)34-21-9-6-19(15-22(21)33-24)25(35)32-12-1-3-23-30-13-14-31-23/h4-9,13-15H,1-3,10-12,17H2,(H,30,31)(H,32,35). The molecular weight excluding hydrogens is 459 g/mol. The fourth-order valence-electron chi connectivity index (χ4n) is 4.17. The molecule has 5 rings (SSSR count). The number of nitriles is 1. The lowest BCUT2D eigenvalue weighted by Crippen LogP contribution is -2.34. The van der Waals surface area contributed by atoms with Crippen LogP contribution in [-0.4, -0.2) is 39.0 Å². The number of imidazole rings is 1. The minimum absolute atomic E-state index is 0.206. The molecule has 9 heteroatoms. The summed E-state index contributed by atoms with van der Waals surface area (Å²) in [6, 6.07) is 13.4. The average molecular weight is 485 g/mol. The number of ether oxygens (including phenoxy) is 1. The molecule has 0 saturated heterocycles. The lowest BCUT2D eigenvalue weighted by molar-refractivity contribution is 0.0953. The number of nitrogens with one attached hydrogen (secondary N) is 2. The number of aromatic amines is 1. The van der Waals surface area contributed by atoms with E-state index < -0.39 is 5.41 Å². The summed E-state index contributed by atoms with van der Waals surface area (Å²) in [5.74, 6) is 0.599. The summed E-state index contributed by atoms with van der Waals surface area (Å²) < 4.78 is 19.6. The van der Waals surface area contributed by atoms with Crippen LogP contribution in [0.15, 0.2) is 54.9 Å². The summed E-state index contributed by atoms with van der Waals surface area (Å²) in [5, 5.41) is 12.5. The smallest absolute Gasteiger partial charge is 0.251 e. The molecule has 0 atom stereocenters. The Morgan fingerprint density at radius 3 is 2.69 bits per heavy atom. The molecule has 1 amide bonds. The Morgan fingerprint density at radius 1 is 1.17 bits per heavy atom. The quantitative estimate of drug-likeness (QED) is 0.336. The number of fused-ring (bicyclic) bond motifs is 1. The summed E-state index contributed by atoms with van der Waals surface area (Å²) in [5.41, 5.74) is 2.11. The first-order chi connectivity index (χ1) is 17.5. The molecule has 1 aliphatic carbocycles. The monoisotopic (exact) mass is 484 g/mol. The maximum absolute atomic E-state index is 13.6. The minimum Gasteiger partial charge on any atom is -0.474 e. The Hall–Kier alpha value is -4.32. The van der Waals surface area contributed by atoms with Crippen molar-refractivity contribution in [3.05, 3.63) is 72.1 Å². The Bertz CT molecular complexity index is 1410. The van der Waals surface area contributed by atoms with Crippen LogP contribution in [0.5, 0.6) is 5.88 Å². The van der Waals surface area contributed by atoms with E-state index in [1.54, 1.807) is 42.7 Å². The Morgan fingerprint density at radius 2 is 2.00 bits per heavy atom. The van der Waals surface area contributed by atoms with Crippen LogP contribution in [0, 0.1) is 22.6 Å². The van der Waals surface area contributed by atoms with Crippen molar-refractivity contribution in [2.24, 2.45) is 5.41 Å². The topological polar surface area (TPSA) is 117 Å². The summed E-state index contributed by atoms with van der Waals surface area (Å²) in [6.45, 7) is 0.730. The molecule has 0 radical (unpaired) electrons. The number of aryl methyl sites for hydroxylation is 1. The van der Waals surface area contributed by atoms with Crippen molar-refractivity contribution in [1.82, 2.24) is 25.3 Å². The molecule has 2 N–H and O–H groups in total. The van der Waals surface area contributed by atoms with Gasteiger partial charge in [-0.05, 0) is 61.7 Å². The van der Waals surface area contributed by atoms with E-state index in [0.29, 0.717) is 34.4 Å². The number of H-pyrrole nitrogens is 1. The number of rotatable bonds is 9. The van der Waals surface area contributed by atoms with E-state index in [0.717, 1.165) is 37.9 Å². The van der Waals surface area contributed by atoms with Crippen LogP contribution in [0.3, 0.4) is 0 Å². The number of amides is 1. The zero-order chi connectivity index (χ0) is 25.0. The van der Waals surface area contributed by atoms with Gasteiger partial charge in [0, 0.05) is 36.5 Å². The number of hydrogen-bond acceptors (Lipinski definition) is 6. The van der Waals surface area contributed by atoms with Gasteiger partial charge in [-0.1, -0.05) is 6.42 Å². The second-order valence-electron chi connectivity index (χ2n) is 9.02. The summed E-state index contributed by atoms with van der Waals surface area (Å²) in [6.07, 6.45) is 7.55. The highest BCUT2D eigenvalue weighted by Crippen LogP contribution is 2.41. The molecule has 182 valence electrons. The predicted molar refractivity (Wildman–Crippen MR) is 132 cm³/mol. The number of carbonyl (C=O) groups is 1. The van der Waals surface area contributed by atoms with E-state index in [1.165, 1.54) is 12.1 Å². The number of benzene rings is 2. The van der Waals surface area contributed by atoms with Crippen LogP contribution in [0.4, 0.5) is 4.39 Å². The number of carbonyl (C=O) groups excluding carboxylic acids is 1. The van der Waals surface area contributed by atoms with Crippen LogP contribution in [0.25, 0.3) is 22.3 Å². The summed E-state index contributed by atoms with van der Waals surface area (Å²) in [4.78, 5) is 29.3. The number of halogens is 1. The van der Waals surface area contributed by atoms with E-state index in [4.69, 9.17) is 9.72 Å². The van der Waals surface area contributed by atoms with E-state index in [9.17, 15) is 14.4 Å². The molecule has 1 fully saturated rings. The molecule has 0 spiro atoms. The SMILES string of the molecule is N#CC1(COc2nc3ccc(C(=O)NCCCc4ncc[nH]4)cc3nc2-c2ccc(F)cc2)CCC1. The van der Waals surface area contributed by atoms with E-state index in [2.05, 4.69) is 26.3 Å². The third-order valence-electron chi connectivity index (χ3n) is 6.48. The highest BCUT2D eigenvalue weighted by atomic mass is 19.1. The third-order valence-corrected chi connectivity index (χ3v) is 6.48. The van der Waals surface area contributed by atoms with E-state index in [-0.39, 0.29) is 24.2 Å². The second-order valence-corrected chi connectivity index (χ2v) is 9.02. The van der Waals surface area contributed by atoms with Gasteiger partial charge in [-0.2, -0.15) is 5.26 Å². The van der Waals surface area contributed by atoms with Crippen molar-refractivity contribution in [3.8, 4) is 23.2 Å². The Kier molecular flexibility index (Phi) is 6.58. The van der Waals surface area contributed by atoms with Crippen LogP contribution in [0.1, 0.15) is 41.9 Å². The molecule has 0 unspecified atom stereocenters. The van der Waals surface area contributed by atoms with Crippen LogP contribution in [-0.2, 0) is 6.42 Å². The first-order valence-electron chi connectivity index (χ1n) is 11.9. The van der Waals surface area contributed by atoms with Gasteiger partial charge in [0.05, 0.1) is 22.5 Å². The predicted octanol–water partition coefficient (Wildman–Crippen LogP) is 4.59. The molecule has 2 aromatic heterocycles. The lowest BCUT2D eigenvalue weighted by atomic mass is 9.71. The van der Waals surface area contributed by atoms with Gasteiger partial charge < -0.3 is 15.0 Å². The molecule has 36 heavy (non-hydrogen) atoms. The number of aromatic nitrogens is 4. The van der Waals surface area contributed by atoms with Gasteiger partial charge in [-0.15, -0.1) is 0 Å². The van der Waals surface area contributed by atoms with Gasteiger partial charge >= 0.3 is 0 Å². The zero-order valence-corrected chi connectivity index (χ0v) is 19.6. The molecular formula is C27H25FN6O2. The normalized spacial score (nSPS) is 14.1. The van der Waals surface area contributed by atoms with Crippen molar-refractivity contribution in [2.75, 3.05) is 13.2 Å². The molecule has 1 saturated carbocycles. The zero-order valence-electron chi connectivity index (χ0n) is 19.6. The number of hydrogen-bond donors (Lipinski definition) is 2. The van der Waals surface area contributed by atoms with Crippen LogP contribution < -0.4 is 10.1 Å². The summed E-state index contributed by atoms with van der Waals surface area (Å²) in [7, 11) is 0. The van der Waals surface area contributed by atoms with Gasteiger partial charge in [-0.3, -0.25) is 4.79 Å². The minimum atomic E-state index is -0.504. The third kappa shape index (κ3) is 5.03. The van der Waals surface area contributed by atoms with Gasteiger partial charge in [0.1, 0.15) is 23.9 Å². The van der Waals surface area contributed by atoms with Crippen molar-refractivity contribution in [1.29, 1.82) is 5.26 Å². The Balaban J connectivity index is 1.38. The first kappa shape index (κ1) is 23.4. The largest absolute Gasteiger partial charge is 0.474 e. The van der Waals surface area contributed by atoms with Crippen LogP contribution >= 0.6 is 0 Å². The van der Waals surface area contributed by atoms with E-state index in [1.807, 2.05) is 0 Å². The van der Waals surface area contributed by atoms with Gasteiger partial charge in [0.15, 0.2) is 0 Å². The molecule has 8 nitrogen and oxygen atoms in total.